The molecule has 20 heavy (non-hydrogen) atoms. The van der Waals surface area contributed by atoms with Crippen LogP contribution in [0.2, 0.25) is 0 Å². The van der Waals surface area contributed by atoms with E-state index in [1.165, 1.54) is 11.8 Å². The number of hydrogen-bond acceptors (Lipinski definition) is 3. The van der Waals surface area contributed by atoms with Crippen molar-refractivity contribution in [1.29, 1.82) is 5.41 Å². The molecule has 4 nitrogen and oxygen atoms in total. The number of nitrogens with zero attached hydrogens (tertiary/aromatic N) is 1. The van der Waals surface area contributed by atoms with Crippen LogP contribution < -0.4 is 5.73 Å². The average Bonchev–Trinajstić information content (AvgIpc) is 2.83. The minimum absolute atomic E-state index is 0.0762. The van der Waals surface area contributed by atoms with E-state index in [9.17, 15) is 0 Å². The quantitative estimate of drug-likeness (QED) is 0.509. The van der Waals surface area contributed by atoms with Gasteiger partial charge in [-0.1, -0.05) is 42.1 Å². The SMILES string of the molecule is Cc1cccc(C(=N)N)c1Sc1nc2ccccc2[nH]1. The number of benzene rings is 2. The van der Waals surface area contributed by atoms with E-state index in [0.29, 0.717) is 0 Å². The molecule has 5 heteroatoms. The first kappa shape index (κ1) is 12.7. The Morgan fingerprint density at radius 1 is 1.20 bits per heavy atom. The van der Waals surface area contributed by atoms with Gasteiger partial charge in [0.2, 0.25) is 0 Å². The first-order valence-electron chi connectivity index (χ1n) is 6.22. The standard InChI is InChI=1S/C15H14N4S/c1-9-5-4-6-10(14(16)17)13(9)20-15-18-11-7-2-3-8-12(11)19-15/h2-8H,1H3,(H3,16,17)(H,18,19). The number of aromatic amines is 1. The molecule has 0 atom stereocenters. The Morgan fingerprint density at radius 2 is 2.00 bits per heavy atom. The van der Waals surface area contributed by atoms with Crippen molar-refractivity contribution in [3.63, 3.8) is 0 Å². The molecule has 0 amide bonds. The molecule has 0 aliphatic heterocycles. The summed E-state index contributed by atoms with van der Waals surface area (Å²) < 4.78 is 0. The molecule has 0 saturated heterocycles. The monoisotopic (exact) mass is 282 g/mol. The molecule has 0 spiro atoms. The summed E-state index contributed by atoms with van der Waals surface area (Å²) in [4.78, 5) is 8.79. The number of fused-ring (bicyclic) bond motifs is 1. The van der Waals surface area contributed by atoms with Crippen molar-refractivity contribution in [3.05, 3.63) is 53.6 Å². The van der Waals surface area contributed by atoms with E-state index in [2.05, 4.69) is 9.97 Å². The summed E-state index contributed by atoms with van der Waals surface area (Å²) in [6.45, 7) is 2.01. The molecule has 0 unspecified atom stereocenters. The highest BCUT2D eigenvalue weighted by atomic mass is 32.2. The van der Waals surface area contributed by atoms with Crippen molar-refractivity contribution in [1.82, 2.24) is 9.97 Å². The van der Waals surface area contributed by atoms with Crippen LogP contribution in [0.15, 0.2) is 52.5 Å². The fraction of sp³-hybridized carbons (Fsp3) is 0.0667. The van der Waals surface area contributed by atoms with Gasteiger partial charge in [-0.3, -0.25) is 5.41 Å². The summed E-state index contributed by atoms with van der Waals surface area (Å²) in [7, 11) is 0. The topological polar surface area (TPSA) is 78.6 Å². The molecular weight excluding hydrogens is 268 g/mol. The molecule has 3 aromatic rings. The van der Waals surface area contributed by atoms with Crippen molar-refractivity contribution in [2.24, 2.45) is 5.73 Å². The third-order valence-electron chi connectivity index (χ3n) is 3.07. The number of para-hydroxylation sites is 2. The lowest BCUT2D eigenvalue weighted by molar-refractivity contribution is 1.07. The summed E-state index contributed by atoms with van der Waals surface area (Å²) in [5, 5.41) is 8.49. The van der Waals surface area contributed by atoms with Gasteiger partial charge in [-0.15, -0.1) is 0 Å². The van der Waals surface area contributed by atoms with Gasteiger partial charge in [-0.05, 0) is 24.6 Å². The van der Waals surface area contributed by atoms with Crippen LogP contribution in [0.4, 0.5) is 0 Å². The lowest BCUT2D eigenvalue weighted by Crippen LogP contribution is -2.12. The van der Waals surface area contributed by atoms with Crippen LogP contribution in [-0.4, -0.2) is 15.8 Å². The number of nitrogens with one attached hydrogen (secondary N) is 2. The van der Waals surface area contributed by atoms with Gasteiger partial charge in [-0.2, -0.15) is 0 Å². The summed E-state index contributed by atoms with van der Waals surface area (Å²) in [5.74, 6) is 0.0762. The highest BCUT2D eigenvalue weighted by molar-refractivity contribution is 7.99. The fourth-order valence-corrected chi connectivity index (χ4v) is 3.09. The zero-order chi connectivity index (χ0) is 14.1. The number of nitrogens with two attached hydrogens (primary N) is 1. The van der Waals surface area contributed by atoms with Crippen molar-refractivity contribution >= 4 is 28.6 Å². The molecule has 3 rings (SSSR count). The third kappa shape index (κ3) is 2.28. The highest BCUT2D eigenvalue weighted by Crippen LogP contribution is 2.32. The molecule has 0 aliphatic carbocycles. The average molecular weight is 282 g/mol. The fourth-order valence-electron chi connectivity index (χ4n) is 2.07. The van der Waals surface area contributed by atoms with Crippen molar-refractivity contribution in [2.75, 3.05) is 0 Å². The maximum atomic E-state index is 7.68. The van der Waals surface area contributed by atoms with Gasteiger partial charge >= 0.3 is 0 Å². The van der Waals surface area contributed by atoms with E-state index >= 15 is 0 Å². The second-order valence-corrected chi connectivity index (χ2v) is 5.53. The number of amidine groups is 1. The molecule has 0 aliphatic rings. The largest absolute Gasteiger partial charge is 0.384 e. The lowest BCUT2D eigenvalue weighted by Gasteiger charge is -2.09. The van der Waals surface area contributed by atoms with Crippen molar-refractivity contribution in [2.45, 2.75) is 17.0 Å². The van der Waals surface area contributed by atoms with E-state index in [1.54, 1.807) is 0 Å². The second-order valence-electron chi connectivity index (χ2n) is 4.53. The molecule has 4 N–H and O–H groups in total. The smallest absolute Gasteiger partial charge is 0.171 e. The van der Waals surface area contributed by atoms with Gasteiger partial charge in [0, 0.05) is 10.5 Å². The van der Waals surface area contributed by atoms with E-state index in [-0.39, 0.29) is 5.84 Å². The third-order valence-corrected chi connectivity index (χ3v) is 4.20. The van der Waals surface area contributed by atoms with Gasteiger partial charge < -0.3 is 10.7 Å². The number of aryl methyl sites for hydroxylation is 1. The summed E-state index contributed by atoms with van der Waals surface area (Å²) in [5.41, 5.74) is 9.43. The number of rotatable bonds is 3. The second kappa shape index (κ2) is 5.02. The number of imidazole rings is 1. The van der Waals surface area contributed by atoms with E-state index in [1.807, 2.05) is 49.4 Å². The van der Waals surface area contributed by atoms with Crippen LogP contribution in [0, 0.1) is 12.3 Å². The zero-order valence-corrected chi connectivity index (χ0v) is 11.8. The summed E-state index contributed by atoms with van der Waals surface area (Å²) >= 11 is 1.51. The first-order valence-corrected chi connectivity index (χ1v) is 7.03. The number of H-pyrrole nitrogens is 1. The molecule has 1 heterocycles. The van der Waals surface area contributed by atoms with Crippen molar-refractivity contribution in [3.8, 4) is 0 Å². The maximum absolute atomic E-state index is 7.68. The Hall–Kier alpha value is -2.27. The van der Waals surface area contributed by atoms with Crippen LogP contribution in [-0.2, 0) is 0 Å². The van der Waals surface area contributed by atoms with Gasteiger partial charge in [0.1, 0.15) is 5.84 Å². The zero-order valence-electron chi connectivity index (χ0n) is 11.0. The van der Waals surface area contributed by atoms with Crippen LogP contribution in [0.25, 0.3) is 11.0 Å². The normalized spacial score (nSPS) is 10.8. The van der Waals surface area contributed by atoms with E-state index in [4.69, 9.17) is 11.1 Å². The lowest BCUT2D eigenvalue weighted by atomic mass is 10.1. The summed E-state index contributed by atoms with van der Waals surface area (Å²) in [6.07, 6.45) is 0. The van der Waals surface area contributed by atoms with Crippen LogP contribution >= 0.6 is 11.8 Å². The van der Waals surface area contributed by atoms with Gasteiger partial charge in [0.15, 0.2) is 5.16 Å². The molecule has 100 valence electrons. The van der Waals surface area contributed by atoms with Crippen molar-refractivity contribution < 1.29 is 0 Å². The molecule has 0 fully saturated rings. The highest BCUT2D eigenvalue weighted by Gasteiger charge is 2.12. The van der Waals surface area contributed by atoms with E-state index in [0.717, 1.165) is 32.2 Å². The van der Waals surface area contributed by atoms with E-state index < -0.39 is 0 Å². The van der Waals surface area contributed by atoms with Crippen LogP contribution in [0.1, 0.15) is 11.1 Å². The van der Waals surface area contributed by atoms with Crippen LogP contribution in [0.5, 0.6) is 0 Å². The Morgan fingerprint density at radius 3 is 2.75 bits per heavy atom. The maximum Gasteiger partial charge on any atom is 0.171 e. The Kier molecular flexibility index (Phi) is 3.20. The predicted molar refractivity (Wildman–Crippen MR) is 82.4 cm³/mol. The van der Waals surface area contributed by atoms with Gasteiger partial charge in [0.25, 0.3) is 0 Å². The predicted octanol–water partition coefficient (Wildman–Crippen LogP) is 3.31. The molecule has 1 aromatic heterocycles. The molecule has 0 saturated carbocycles. The Balaban J connectivity index is 2.04. The molecule has 0 radical (unpaired) electrons. The number of nitrogen functional groups attached to an aromatic ring is 1. The molecule has 0 bridgehead atoms. The Labute approximate surface area is 120 Å². The number of aromatic nitrogens is 2. The van der Waals surface area contributed by atoms with Gasteiger partial charge in [0.05, 0.1) is 11.0 Å². The van der Waals surface area contributed by atoms with Crippen LogP contribution in [0.3, 0.4) is 0 Å². The summed E-state index contributed by atoms with van der Waals surface area (Å²) in [6, 6.07) is 13.7. The molecular formula is C15H14N4S. The number of hydrogen-bond donors (Lipinski definition) is 3. The minimum Gasteiger partial charge on any atom is -0.384 e. The first-order chi connectivity index (χ1) is 9.65. The Bertz CT molecular complexity index is 758. The minimum atomic E-state index is 0.0762. The van der Waals surface area contributed by atoms with Gasteiger partial charge in [-0.25, -0.2) is 4.98 Å². The molecule has 2 aromatic carbocycles.